The van der Waals surface area contributed by atoms with Crippen molar-refractivity contribution in [3.63, 3.8) is 0 Å². The largest absolute Gasteiger partial charge is 0.367 e. The standard InChI is InChI=1S/C9H18O2/c1-6-8(2,3)9(4,5)7(10)11-6/h6-7,10H,1-5H3. The molecule has 0 saturated carbocycles. The van der Waals surface area contributed by atoms with E-state index >= 15 is 0 Å². The molecule has 1 aliphatic heterocycles. The number of hydrogen-bond acceptors (Lipinski definition) is 2. The van der Waals surface area contributed by atoms with E-state index < -0.39 is 6.29 Å². The van der Waals surface area contributed by atoms with Gasteiger partial charge in [-0.15, -0.1) is 0 Å². The minimum absolute atomic E-state index is 0.0480. The minimum Gasteiger partial charge on any atom is -0.367 e. The molecule has 1 saturated heterocycles. The van der Waals surface area contributed by atoms with Crippen molar-refractivity contribution >= 4 is 0 Å². The summed E-state index contributed by atoms with van der Waals surface area (Å²) in [5, 5.41) is 9.54. The molecule has 0 aromatic heterocycles. The van der Waals surface area contributed by atoms with Gasteiger partial charge in [-0.2, -0.15) is 0 Å². The fourth-order valence-electron chi connectivity index (χ4n) is 1.38. The molecule has 1 fully saturated rings. The Labute approximate surface area is 68.6 Å². The summed E-state index contributed by atoms with van der Waals surface area (Å²) in [6, 6.07) is 0. The maximum absolute atomic E-state index is 9.54. The van der Waals surface area contributed by atoms with Crippen molar-refractivity contribution < 1.29 is 9.84 Å². The highest BCUT2D eigenvalue weighted by Crippen LogP contribution is 2.51. The fraction of sp³-hybridized carbons (Fsp3) is 1.00. The summed E-state index contributed by atoms with van der Waals surface area (Å²) < 4.78 is 5.35. The van der Waals surface area contributed by atoms with E-state index in [9.17, 15) is 5.11 Å². The van der Waals surface area contributed by atoms with Crippen molar-refractivity contribution in [3.05, 3.63) is 0 Å². The average Bonchev–Trinajstić information content (AvgIpc) is 1.95. The van der Waals surface area contributed by atoms with Crippen LogP contribution in [0.3, 0.4) is 0 Å². The highest BCUT2D eigenvalue weighted by molar-refractivity contribution is 4.97. The maximum Gasteiger partial charge on any atom is 0.160 e. The Bertz CT molecular complexity index is 143. The molecule has 1 aliphatic rings. The smallest absolute Gasteiger partial charge is 0.160 e. The first-order valence-electron chi connectivity index (χ1n) is 4.13. The monoisotopic (exact) mass is 158 g/mol. The van der Waals surface area contributed by atoms with Gasteiger partial charge in [0, 0.05) is 10.8 Å². The Morgan fingerprint density at radius 2 is 1.55 bits per heavy atom. The second-order valence-electron chi connectivity index (χ2n) is 4.57. The summed E-state index contributed by atoms with van der Waals surface area (Å²) in [6.07, 6.45) is -0.486. The molecule has 0 radical (unpaired) electrons. The predicted octanol–water partition coefficient (Wildman–Crippen LogP) is 1.78. The van der Waals surface area contributed by atoms with Gasteiger partial charge in [0.15, 0.2) is 6.29 Å². The molecule has 0 aromatic rings. The third-order valence-electron chi connectivity index (χ3n) is 3.63. The molecule has 0 amide bonds. The first-order chi connectivity index (χ1) is 4.80. The number of aliphatic hydroxyl groups is 1. The molecular weight excluding hydrogens is 140 g/mol. The highest BCUT2D eigenvalue weighted by Gasteiger charge is 2.53. The summed E-state index contributed by atoms with van der Waals surface area (Å²) >= 11 is 0. The molecular formula is C9H18O2. The van der Waals surface area contributed by atoms with Crippen LogP contribution in [-0.2, 0) is 4.74 Å². The van der Waals surface area contributed by atoms with Crippen molar-refractivity contribution in [2.45, 2.75) is 47.0 Å². The normalized spacial score (nSPS) is 40.9. The van der Waals surface area contributed by atoms with Crippen LogP contribution in [0.5, 0.6) is 0 Å². The van der Waals surface area contributed by atoms with E-state index in [4.69, 9.17) is 4.74 Å². The quantitative estimate of drug-likeness (QED) is 0.582. The second-order valence-corrected chi connectivity index (χ2v) is 4.57. The van der Waals surface area contributed by atoms with Crippen LogP contribution in [-0.4, -0.2) is 17.5 Å². The molecule has 2 heteroatoms. The summed E-state index contributed by atoms with van der Waals surface area (Å²) in [4.78, 5) is 0. The van der Waals surface area contributed by atoms with Crippen LogP contribution in [0.15, 0.2) is 0 Å². The van der Waals surface area contributed by atoms with E-state index in [0.29, 0.717) is 0 Å². The van der Waals surface area contributed by atoms with Gasteiger partial charge in [0.1, 0.15) is 0 Å². The van der Waals surface area contributed by atoms with Crippen molar-refractivity contribution in [1.29, 1.82) is 0 Å². The van der Waals surface area contributed by atoms with Crippen molar-refractivity contribution in [3.8, 4) is 0 Å². The topological polar surface area (TPSA) is 29.5 Å². The SMILES string of the molecule is CC1OC(O)C(C)(C)C1(C)C. The highest BCUT2D eigenvalue weighted by atomic mass is 16.6. The van der Waals surface area contributed by atoms with Gasteiger partial charge >= 0.3 is 0 Å². The molecule has 0 bridgehead atoms. The Morgan fingerprint density at radius 1 is 1.09 bits per heavy atom. The summed E-state index contributed by atoms with van der Waals surface area (Å²) in [7, 11) is 0. The van der Waals surface area contributed by atoms with Gasteiger partial charge in [-0.1, -0.05) is 27.7 Å². The van der Waals surface area contributed by atoms with Gasteiger partial charge in [0.05, 0.1) is 6.10 Å². The zero-order valence-corrected chi connectivity index (χ0v) is 8.01. The van der Waals surface area contributed by atoms with Crippen molar-refractivity contribution in [1.82, 2.24) is 0 Å². The van der Waals surface area contributed by atoms with Gasteiger partial charge in [0.2, 0.25) is 0 Å². The van der Waals surface area contributed by atoms with Crippen LogP contribution in [0.1, 0.15) is 34.6 Å². The fourth-order valence-corrected chi connectivity index (χ4v) is 1.38. The molecule has 2 unspecified atom stereocenters. The van der Waals surface area contributed by atoms with Gasteiger partial charge in [-0.3, -0.25) is 0 Å². The molecule has 0 aliphatic carbocycles. The van der Waals surface area contributed by atoms with E-state index in [1.165, 1.54) is 0 Å². The Balaban J connectivity index is 2.95. The van der Waals surface area contributed by atoms with Gasteiger partial charge in [0.25, 0.3) is 0 Å². The molecule has 0 aromatic carbocycles. The average molecular weight is 158 g/mol. The molecule has 0 spiro atoms. The first kappa shape index (κ1) is 9.01. The summed E-state index contributed by atoms with van der Waals surface area (Å²) in [5.41, 5.74) is -0.0984. The number of aliphatic hydroxyl groups excluding tert-OH is 1. The third-order valence-corrected chi connectivity index (χ3v) is 3.63. The lowest BCUT2D eigenvalue weighted by Crippen LogP contribution is -2.37. The summed E-state index contributed by atoms with van der Waals surface area (Å²) in [5.74, 6) is 0. The predicted molar refractivity (Wildman–Crippen MR) is 44.1 cm³/mol. The zero-order chi connectivity index (χ0) is 8.86. The molecule has 2 nitrogen and oxygen atoms in total. The van der Waals surface area contributed by atoms with Crippen molar-refractivity contribution in [2.24, 2.45) is 10.8 Å². The van der Waals surface area contributed by atoms with Gasteiger partial charge < -0.3 is 9.84 Å². The first-order valence-corrected chi connectivity index (χ1v) is 4.13. The zero-order valence-electron chi connectivity index (χ0n) is 8.01. The minimum atomic E-state index is -0.618. The van der Waals surface area contributed by atoms with Crippen LogP contribution < -0.4 is 0 Å². The summed E-state index contributed by atoms with van der Waals surface area (Å²) in [6.45, 7) is 10.4. The Kier molecular flexibility index (Phi) is 1.81. The van der Waals surface area contributed by atoms with Crippen molar-refractivity contribution in [2.75, 3.05) is 0 Å². The third kappa shape index (κ3) is 1.00. The molecule has 1 rings (SSSR count). The number of ether oxygens (including phenoxy) is 1. The number of hydrogen-bond donors (Lipinski definition) is 1. The number of rotatable bonds is 0. The van der Waals surface area contributed by atoms with Gasteiger partial charge in [-0.25, -0.2) is 0 Å². The Morgan fingerprint density at radius 3 is 1.64 bits per heavy atom. The van der Waals surface area contributed by atoms with Crippen LogP contribution in [0.2, 0.25) is 0 Å². The van der Waals surface area contributed by atoms with Crippen LogP contribution >= 0.6 is 0 Å². The maximum atomic E-state index is 9.54. The van der Waals surface area contributed by atoms with E-state index in [2.05, 4.69) is 13.8 Å². The molecule has 1 N–H and O–H groups in total. The lowest BCUT2D eigenvalue weighted by Gasteiger charge is -2.36. The molecule has 11 heavy (non-hydrogen) atoms. The molecule has 66 valence electrons. The lowest BCUT2D eigenvalue weighted by molar-refractivity contribution is -0.124. The van der Waals surface area contributed by atoms with E-state index in [-0.39, 0.29) is 16.9 Å². The van der Waals surface area contributed by atoms with Gasteiger partial charge in [-0.05, 0) is 6.92 Å². The second kappa shape index (κ2) is 2.20. The van der Waals surface area contributed by atoms with Crippen LogP contribution in [0.25, 0.3) is 0 Å². The van der Waals surface area contributed by atoms with E-state index in [1.54, 1.807) is 0 Å². The van der Waals surface area contributed by atoms with Crippen LogP contribution in [0, 0.1) is 10.8 Å². The molecule has 1 heterocycles. The van der Waals surface area contributed by atoms with Crippen LogP contribution in [0.4, 0.5) is 0 Å². The van der Waals surface area contributed by atoms with E-state index in [0.717, 1.165) is 0 Å². The Hall–Kier alpha value is -0.0800. The molecule has 2 atom stereocenters. The lowest BCUT2D eigenvalue weighted by atomic mass is 9.67. The van der Waals surface area contributed by atoms with E-state index in [1.807, 2.05) is 20.8 Å².